The number of benzene rings is 2. The topological polar surface area (TPSA) is 67.4 Å². The van der Waals surface area contributed by atoms with Gasteiger partial charge in [-0.2, -0.15) is 0 Å². The van der Waals surface area contributed by atoms with Gasteiger partial charge in [0.15, 0.2) is 0 Å². The van der Waals surface area contributed by atoms with Gasteiger partial charge in [-0.25, -0.2) is 0 Å². The van der Waals surface area contributed by atoms with Gasteiger partial charge in [0.05, 0.1) is 0 Å². The van der Waals surface area contributed by atoms with E-state index in [0.29, 0.717) is 19.7 Å². The summed E-state index contributed by atoms with van der Waals surface area (Å²) in [5.74, 6) is -1.09. The minimum Gasteiger partial charge on any atom is -0.407 e. The van der Waals surface area contributed by atoms with E-state index in [9.17, 15) is 9.59 Å². The number of carbonyl (C=O) groups is 2. The molecule has 2 rings (SSSR count). The van der Waals surface area contributed by atoms with Crippen LogP contribution in [0.15, 0.2) is 60.7 Å². The Balaban J connectivity index is 1.92. The van der Waals surface area contributed by atoms with Crippen molar-refractivity contribution < 1.29 is 14.0 Å². The van der Waals surface area contributed by atoms with Crippen molar-refractivity contribution in [2.75, 3.05) is 19.7 Å². The highest BCUT2D eigenvalue weighted by molar-refractivity contribution is 6.99. The molecule has 0 saturated heterocycles. The lowest BCUT2D eigenvalue weighted by molar-refractivity contribution is -0.139. The monoisotopic (exact) mass is 468 g/mol. The van der Waals surface area contributed by atoms with Gasteiger partial charge in [0.1, 0.15) is 0 Å². The molecule has 2 aromatic carbocycles. The Morgan fingerprint density at radius 1 is 0.758 bits per heavy atom. The molecule has 33 heavy (non-hydrogen) atoms. The van der Waals surface area contributed by atoms with Gasteiger partial charge in [0, 0.05) is 19.7 Å². The molecule has 0 aliphatic carbocycles. The Labute approximate surface area is 200 Å². The van der Waals surface area contributed by atoms with Crippen molar-refractivity contribution in [2.45, 2.75) is 64.8 Å². The predicted molar refractivity (Wildman–Crippen MR) is 138 cm³/mol. The second-order valence-corrected chi connectivity index (χ2v) is 13.7. The van der Waals surface area contributed by atoms with Crippen molar-refractivity contribution >= 4 is 30.5 Å². The van der Waals surface area contributed by atoms with E-state index >= 15 is 0 Å². The maximum atomic E-state index is 11.8. The molecule has 0 aromatic heterocycles. The highest BCUT2D eigenvalue weighted by atomic mass is 28.4. The number of rotatable bonds is 12. The average Bonchev–Trinajstić information content (AvgIpc) is 2.81. The summed E-state index contributed by atoms with van der Waals surface area (Å²) in [6, 6.07) is 21.3. The predicted octanol–water partition coefficient (Wildman–Crippen LogP) is 3.77. The first kappa shape index (κ1) is 26.8. The molecule has 2 N–H and O–H groups in total. The van der Waals surface area contributed by atoms with Crippen molar-refractivity contribution in [3.8, 4) is 0 Å². The summed E-state index contributed by atoms with van der Waals surface area (Å²) in [7, 11) is -2.49. The summed E-state index contributed by atoms with van der Waals surface area (Å²) in [5.41, 5.74) is 0. The summed E-state index contributed by atoms with van der Waals surface area (Å²) < 4.78 is 6.87. The second-order valence-electron chi connectivity index (χ2n) is 9.44. The number of amides is 2. The minimum atomic E-state index is -2.49. The van der Waals surface area contributed by atoms with E-state index in [1.54, 1.807) is 0 Å². The lowest BCUT2D eigenvalue weighted by atomic mass is 10.2. The maximum Gasteiger partial charge on any atom is 0.309 e. The number of hydrogen-bond donors (Lipinski definition) is 2. The molecule has 180 valence electrons. The molecule has 0 radical (unpaired) electrons. The molecular formula is C27H40N2O3Si. The van der Waals surface area contributed by atoms with Crippen LogP contribution in [0.4, 0.5) is 0 Å². The van der Waals surface area contributed by atoms with Crippen LogP contribution in [-0.4, -0.2) is 39.8 Å². The van der Waals surface area contributed by atoms with Crippen LogP contribution in [0, 0.1) is 0 Å². The highest BCUT2D eigenvalue weighted by Gasteiger charge is 2.49. The second kappa shape index (κ2) is 13.3. The molecule has 2 amide bonds. The van der Waals surface area contributed by atoms with Gasteiger partial charge in [-0.3, -0.25) is 9.59 Å². The average molecular weight is 469 g/mol. The van der Waals surface area contributed by atoms with E-state index < -0.39 is 20.1 Å². The Hall–Kier alpha value is -2.44. The molecular weight excluding hydrogens is 428 g/mol. The number of nitrogens with one attached hydrogen (secondary N) is 2. The fourth-order valence-electron chi connectivity index (χ4n) is 4.13. The first-order valence-corrected chi connectivity index (χ1v) is 14.0. The minimum absolute atomic E-state index is 0.0329. The van der Waals surface area contributed by atoms with E-state index in [2.05, 4.69) is 92.1 Å². The largest absolute Gasteiger partial charge is 0.407 e. The Morgan fingerprint density at radius 2 is 1.24 bits per heavy atom. The molecule has 0 fully saturated rings. The number of hydrogen-bond acceptors (Lipinski definition) is 3. The molecule has 0 aliphatic rings. The van der Waals surface area contributed by atoms with Gasteiger partial charge in [-0.15, -0.1) is 0 Å². The molecule has 0 heterocycles. The van der Waals surface area contributed by atoms with Crippen LogP contribution in [0.1, 0.15) is 59.8 Å². The number of carbonyl (C=O) groups excluding carboxylic acids is 2. The number of unbranched alkanes of at least 4 members (excludes halogenated alkanes) is 3. The van der Waals surface area contributed by atoms with Crippen LogP contribution < -0.4 is 21.0 Å². The first-order chi connectivity index (χ1) is 15.8. The van der Waals surface area contributed by atoms with Crippen molar-refractivity contribution in [1.82, 2.24) is 10.6 Å². The van der Waals surface area contributed by atoms with Crippen LogP contribution in [0.25, 0.3) is 0 Å². The van der Waals surface area contributed by atoms with Gasteiger partial charge in [0.2, 0.25) is 0 Å². The third kappa shape index (κ3) is 7.54. The summed E-state index contributed by atoms with van der Waals surface area (Å²) >= 11 is 0. The summed E-state index contributed by atoms with van der Waals surface area (Å²) in [5, 5.41) is 7.88. The van der Waals surface area contributed by atoms with Gasteiger partial charge < -0.3 is 15.1 Å². The lowest BCUT2D eigenvalue weighted by Crippen LogP contribution is -2.66. The smallest absolute Gasteiger partial charge is 0.309 e. The van der Waals surface area contributed by atoms with Crippen LogP contribution in [-0.2, 0) is 14.0 Å². The van der Waals surface area contributed by atoms with Crippen molar-refractivity contribution in [1.29, 1.82) is 0 Å². The molecule has 0 bridgehead atoms. The molecule has 2 aromatic rings. The van der Waals surface area contributed by atoms with Crippen molar-refractivity contribution in [3.05, 3.63) is 60.7 Å². The highest BCUT2D eigenvalue weighted by Crippen LogP contribution is 2.36. The summed E-state index contributed by atoms with van der Waals surface area (Å²) in [4.78, 5) is 23.6. The Kier molecular flexibility index (Phi) is 10.8. The quantitative estimate of drug-likeness (QED) is 0.283. The summed E-state index contributed by atoms with van der Waals surface area (Å²) in [6.07, 6.45) is 4.51. The zero-order valence-electron chi connectivity index (χ0n) is 20.7. The maximum absolute atomic E-state index is 11.8. The van der Waals surface area contributed by atoms with E-state index in [0.717, 1.165) is 32.1 Å². The SMILES string of the molecule is CCCCNC(=O)C(=O)NCCCCCO[Si](c1ccccc1)(c1ccccc1)C(C)(C)C. The zero-order valence-corrected chi connectivity index (χ0v) is 21.7. The zero-order chi connectivity index (χ0) is 24.2. The van der Waals surface area contributed by atoms with Crippen LogP contribution in [0.5, 0.6) is 0 Å². The Bertz CT molecular complexity index is 811. The third-order valence-corrected chi connectivity index (χ3v) is 10.9. The third-order valence-electron chi connectivity index (χ3n) is 5.86. The molecule has 0 aliphatic heterocycles. The van der Waals surface area contributed by atoms with E-state index in [-0.39, 0.29) is 5.04 Å². The lowest BCUT2D eigenvalue weighted by Gasteiger charge is -2.43. The fraction of sp³-hybridized carbons (Fsp3) is 0.481. The molecule has 6 heteroatoms. The Morgan fingerprint density at radius 3 is 1.70 bits per heavy atom. The molecule has 0 atom stereocenters. The normalized spacial score (nSPS) is 11.8. The van der Waals surface area contributed by atoms with E-state index in [4.69, 9.17) is 4.43 Å². The molecule has 5 nitrogen and oxygen atoms in total. The molecule has 0 saturated carbocycles. The van der Waals surface area contributed by atoms with Gasteiger partial charge >= 0.3 is 11.8 Å². The van der Waals surface area contributed by atoms with Gasteiger partial charge in [-0.05, 0) is 41.1 Å². The molecule has 0 unspecified atom stereocenters. The standard InChI is InChI=1S/C27H40N2O3Si/c1-5-6-20-28-25(30)26(31)29-21-14-9-15-22-32-33(27(2,3)4,23-16-10-7-11-17-23)24-18-12-8-13-19-24/h7-8,10-13,16-19H,5-6,9,14-15,20-22H2,1-4H3,(H,28,30)(H,29,31). The van der Waals surface area contributed by atoms with Crippen LogP contribution >= 0.6 is 0 Å². The van der Waals surface area contributed by atoms with E-state index in [1.807, 2.05) is 6.92 Å². The summed E-state index contributed by atoms with van der Waals surface area (Å²) in [6.45, 7) is 10.6. The van der Waals surface area contributed by atoms with Crippen molar-refractivity contribution in [3.63, 3.8) is 0 Å². The van der Waals surface area contributed by atoms with Crippen LogP contribution in [0.3, 0.4) is 0 Å². The van der Waals surface area contributed by atoms with Gasteiger partial charge in [-0.1, -0.05) is 94.8 Å². The van der Waals surface area contributed by atoms with E-state index in [1.165, 1.54) is 10.4 Å². The molecule has 0 spiro atoms. The fourth-order valence-corrected chi connectivity index (χ4v) is 8.74. The van der Waals surface area contributed by atoms with Crippen LogP contribution in [0.2, 0.25) is 5.04 Å². The van der Waals surface area contributed by atoms with Crippen molar-refractivity contribution in [2.24, 2.45) is 0 Å². The van der Waals surface area contributed by atoms with Gasteiger partial charge in [0.25, 0.3) is 8.32 Å². The first-order valence-electron chi connectivity index (χ1n) is 12.1.